The van der Waals surface area contributed by atoms with Crippen LogP contribution >= 0.6 is 0 Å². The maximum Gasteiger partial charge on any atom is 0.243 e. The summed E-state index contributed by atoms with van der Waals surface area (Å²) in [7, 11) is 0. The fourth-order valence-corrected chi connectivity index (χ4v) is 2.51. The third-order valence-corrected chi connectivity index (χ3v) is 3.81. The summed E-state index contributed by atoms with van der Waals surface area (Å²) >= 11 is 0. The van der Waals surface area contributed by atoms with Gasteiger partial charge in [-0.25, -0.2) is 4.39 Å². The zero-order valence-electron chi connectivity index (χ0n) is 13.9. The molecule has 0 spiro atoms. The highest BCUT2D eigenvalue weighted by molar-refractivity contribution is 5.94. The van der Waals surface area contributed by atoms with Crippen LogP contribution in [0.1, 0.15) is 11.3 Å². The first kappa shape index (κ1) is 16.8. The van der Waals surface area contributed by atoms with Crippen molar-refractivity contribution in [1.29, 1.82) is 0 Å². The summed E-state index contributed by atoms with van der Waals surface area (Å²) < 4.78 is 19.1. The quantitative estimate of drug-likeness (QED) is 0.726. The van der Waals surface area contributed by atoms with Crippen LogP contribution in [0.25, 0.3) is 0 Å². The van der Waals surface area contributed by atoms with Gasteiger partial charge in [0.1, 0.15) is 11.6 Å². The molecule has 1 heterocycles. The highest BCUT2D eigenvalue weighted by atomic mass is 19.1. The minimum atomic E-state index is -0.455. The number of carbonyl (C=O) groups is 1. The van der Waals surface area contributed by atoms with Gasteiger partial charge in [-0.15, -0.1) is 0 Å². The molecule has 1 amide bonds. The number of hydrogen-bond donors (Lipinski definition) is 1. The van der Waals surface area contributed by atoms with Crippen LogP contribution in [0.3, 0.4) is 0 Å². The van der Waals surface area contributed by atoms with Gasteiger partial charge in [0.05, 0.1) is 25.0 Å². The second kappa shape index (κ2) is 7.66. The molecule has 1 aromatic heterocycles. The van der Waals surface area contributed by atoms with Crippen molar-refractivity contribution in [3.05, 3.63) is 84.1 Å². The van der Waals surface area contributed by atoms with E-state index in [2.05, 4.69) is 5.32 Å². The molecule has 0 fully saturated rings. The van der Waals surface area contributed by atoms with E-state index in [4.69, 9.17) is 4.42 Å². The number of para-hydroxylation sites is 1. The van der Waals surface area contributed by atoms with Crippen LogP contribution in [-0.2, 0) is 11.3 Å². The van der Waals surface area contributed by atoms with Crippen LogP contribution in [0.15, 0.2) is 71.3 Å². The topological polar surface area (TPSA) is 45.5 Å². The third kappa shape index (κ3) is 4.47. The molecular weight excluding hydrogens is 319 g/mol. The van der Waals surface area contributed by atoms with Gasteiger partial charge >= 0.3 is 0 Å². The van der Waals surface area contributed by atoms with E-state index in [0.29, 0.717) is 6.54 Å². The number of carbonyl (C=O) groups excluding carboxylic acids is 1. The Hall–Kier alpha value is -3.08. The molecule has 0 unspecified atom stereocenters. The maximum atomic E-state index is 13.7. The predicted octanol–water partition coefficient (Wildman–Crippen LogP) is 4.37. The van der Waals surface area contributed by atoms with Crippen LogP contribution in [0.5, 0.6) is 0 Å². The van der Waals surface area contributed by atoms with Crippen molar-refractivity contribution in [2.24, 2.45) is 0 Å². The Kier molecular flexibility index (Phi) is 5.14. The average Bonchev–Trinajstić information content (AvgIpc) is 3.10. The molecule has 0 bridgehead atoms. The van der Waals surface area contributed by atoms with E-state index in [1.165, 1.54) is 12.1 Å². The number of rotatable bonds is 6. The van der Waals surface area contributed by atoms with Crippen LogP contribution in [-0.4, -0.2) is 12.5 Å². The number of hydrogen-bond acceptors (Lipinski definition) is 3. The molecule has 3 aromatic rings. The second-order valence-electron chi connectivity index (χ2n) is 5.80. The standard InChI is InChI=1S/C20H19FN2O2/c1-15-8-10-16(11-9-15)23(13-17-5-4-12-25-17)14-20(24)22-19-7-3-2-6-18(19)21/h2-12H,13-14H2,1H3,(H,22,24). The fourth-order valence-electron chi connectivity index (χ4n) is 2.51. The highest BCUT2D eigenvalue weighted by Gasteiger charge is 2.15. The minimum absolute atomic E-state index is 0.0814. The average molecular weight is 338 g/mol. The van der Waals surface area contributed by atoms with Gasteiger partial charge in [-0.1, -0.05) is 29.8 Å². The van der Waals surface area contributed by atoms with Gasteiger partial charge in [0.25, 0.3) is 0 Å². The summed E-state index contributed by atoms with van der Waals surface area (Å²) in [5, 5.41) is 2.62. The van der Waals surface area contributed by atoms with E-state index in [1.54, 1.807) is 18.4 Å². The Balaban J connectivity index is 1.75. The Bertz CT molecular complexity index is 829. The van der Waals surface area contributed by atoms with Gasteiger partial charge in [0, 0.05) is 5.69 Å². The summed E-state index contributed by atoms with van der Waals surface area (Å²) in [5.74, 6) is 0.000248. The van der Waals surface area contributed by atoms with Crippen LogP contribution in [0.2, 0.25) is 0 Å². The molecule has 0 radical (unpaired) electrons. The number of anilines is 2. The van der Waals surface area contributed by atoms with Gasteiger partial charge in [0.15, 0.2) is 0 Å². The molecule has 5 heteroatoms. The van der Waals surface area contributed by atoms with E-state index >= 15 is 0 Å². The van der Waals surface area contributed by atoms with E-state index in [1.807, 2.05) is 48.2 Å². The Morgan fingerprint density at radius 2 is 1.84 bits per heavy atom. The molecule has 25 heavy (non-hydrogen) atoms. The lowest BCUT2D eigenvalue weighted by atomic mass is 10.2. The number of benzene rings is 2. The van der Waals surface area contributed by atoms with Crippen LogP contribution < -0.4 is 10.2 Å². The highest BCUT2D eigenvalue weighted by Crippen LogP contribution is 2.19. The normalized spacial score (nSPS) is 10.5. The van der Waals surface area contributed by atoms with E-state index in [0.717, 1.165) is 17.0 Å². The first-order valence-corrected chi connectivity index (χ1v) is 8.00. The molecule has 1 N–H and O–H groups in total. The van der Waals surface area contributed by atoms with Gasteiger partial charge in [-0.05, 0) is 43.3 Å². The molecule has 0 atom stereocenters. The zero-order valence-corrected chi connectivity index (χ0v) is 13.9. The Morgan fingerprint density at radius 3 is 2.52 bits per heavy atom. The van der Waals surface area contributed by atoms with E-state index < -0.39 is 5.82 Å². The number of aryl methyl sites for hydroxylation is 1. The van der Waals surface area contributed by atoms with Crippen molar-refractivity contribution in [2.45, 2.75) is 13.5 Å². The number of amides is 1. The predicted molar refractivity (Wildman–Crippen MR) is 96.0 cm³/mol. The summed E-state index contributed by atoms with van der Waals surface area (Å²) in [6, 6.07) is 17.7. The van der Waals surface area contributed by atoms with Crippen molar-refractivity contribution >= 4 is 17.3 Å². The SMILES string of the molecule is Cc1ccc(N(CC(=O)Nc2ccccc2F)Cc2ccco2)cc1. The minimum Gasteiger partial charge on any atom is -0.467 e. The molecule has 4 nitrogen and oxygen atoms in total. The zero-order chi connectivity index (χ0) is 17.6. The molecule has 2 aromatic carbocycles. The largest absolute Gasteiger partial charge is 0.467 e. The lowest BCUT2D eigenvalue weighted by Gasteiger charge is -2.23. The lowest BCUT2D eigenvalue weighted by molar-refractivity contribution is -0.115. The molecule has 128 valence electrons. The van der Waals surface area contributed by atoms with E-state index in [9.17, 15) is 9.18 Å². The van der Waals surface area contributed by atoms with Crippen molar-refractivity contribution in [3.8, 4) is 0 Å². The summed E-state index contributed by atoms with van der Waals surface area (Å²) in [5.41, 5.74) is 2.21. The van der Waals surface area contributed by atoms with Gasteiger partial charge in [-0.3, -0.25) is 4.79 Å². The van der Waals surface area contributed by atoms with Crippen molar-refractivity contribution < 1.29 is 13.6 Å². The molecular formula is C20H19FN2O2. The molecule has 0 aliphatic rings. The van der Waals surface area contributed by atoms with Crippen LogP contribution in [0, 0.1) is 12.7 Å². The van der Waals surface area contributed by atoms with Crippen molar-refractivity contribution in [2.75, 3.05) is 16.8 Å². The second-order valence-corrected chi connectivity index (χ2v) is 5.80. The monoisotopic (exact) mass is 338 g/mol. The smallest absolute Gasteiger partial charge is 0.243 e. The van der Waals surface area contributed by atoms with E-state index in [-0.39, 0.29) is 18.1 Å². The summed E-state index contributed by atoms with van der Waals surface area (Å²) in [4.78, 5) is 14.3. The maximum absolute atomic E-state index is 13.7. The lowest BCUT2D eigenvalue weighted by Crippen LogP contribution is -2.33. The number of halogens is 1. The number of nitrogens with one attached hydrogen (secondary N) is 1. The fraction of sp³-hybridized carbons (Fsp3) is 0.150. The first-order chi connectivity index (χ1) is 12.1. The third-order valence-electron chi connectivity index (χ3n) is 3.81. The summed E-state index contributed by atoms with van der Waals surface area (Å²) in [6.45, 7) is 2.53. The number of nitrogens with zero attached hydrogens (tertiary/aromatic N) is 1. The summed E-state index contributed by atoms with van der Waals surface area (Å²) in [6.07, 6.45) is 1.60. The Morgan fingerprint density at radius 1 is 1.08 bits per heavy atom. The van der Waals surface area contributed by atoms with Gasteiger partial charge in [0.2, 0.25) is 5.91 Å². The van der Waals surface area contributed by atoms with Crippen molar-refractivity contribution in [1.82, 2.24) is 0 Å². The molecule has 0 saturated heterocycles. The van der Waals surface area contributed by atoms with Gasteiger partial charge in [-0.2, -0.15) is 0 Å². The molecule has 0 aliphatic heterocycles. The number of furan rings is 1. The van der Waals surface area contributed by atoms with Crippen molar-refractivity contribution in [3.63, 3.8) is 0 Å². The molecule has 0 saturated carbocycles. The molecule has 0 aliphatic carbocycles. The van der Waals surface area contributed by atoms with Crippen LogP contribution in [0.4, 0.5) is 15.8 Å². The van der Waals surface area contributed by atoms with Gasteiger partial charge < -0.3 is 14.6 Å². The Labute approximate surface area is 145 Å². The molecule has 3 rings (SSSR count). The first-order valence-electron chi connectivity index (χ1n) is 8.00.